The summed E-state index contributed by atoms with van der Waals surface area (Å²) in [6.45, 7) is -0.526. The van der Waals surface area contributed by atoms with Crippen molar-refractivity contribution in [1.29, 1.82) is 0 Å². The first kappa shape index (κ1) is 19.9. The highest BCUT2D eigenvalue weighted by atomic mass is 35.5. The Morgan fingerprint density at radius 3 is 2.13 bits per heavy atom. The topological polar surface area (TPSA) is 129 Å². The second-order valence-corrected chi connectivity index (χ2v) is 6.54. The van der Waals surface area contributed by atoms with Gasteiger partial charge in [-0.15, -0.1) is 34.8 Å². The Morgan fingerprint density at radius 2 is 1.65 bits per heavy atom. The van der Waals surface area contributed by atoms with Crippen LogP contribution in [0.5, 0.6) is 0 Å². The lowest BCUT2D eigenvalue weighted by atomic mass is 10.0. The monoisotopic (exact) mass is 396 g/mol. The van der Waals surface area contributed by atoms with Gasteiger partial charge in [-0.25, -0.2) is 0 Å². The number of aliphatic hydroxyl groups is 5. The lowest BCUT2D eigenvalue weighted by molar-refractivity contribution is -0.357. The lowest BCUT2D eigenvalue weighted by Gasteiger charge is -2.43. The smallest absolute Gasteiger partial charge is 0.214 e. The van der Waals surface area contributed by atoms with E-state index >= 15 is 0 Å². The molecule has 0 aromatic carbocycles. The minimum atomic E-state index is -1.90. The van der Waals surface area contributed by atoms with Gasteiger partial charge in [0.1, 0.15) is 36.6 Å². The van der Waals surface area contributed by atoms with Crippen LogP contribution in [0.15, 0.2) is 0 Å². The zero-order valence-corrected chi connectivity index (χ0v) is 14.1. The zero-order chi connectivity index (χ0) is 17.4. The molecule has 0 saturated carbocycles. The van der Waals surface area contributed by atoms with Gasteiger partial charge in [0.05, 0.1) is 23.7 Å². The number of halogens is 3. The Hall–Kier alpha value is 0.550. The van der Waals surface area contributed by atoms with Gasteiger partial charge in [0.2, 0.25) is 5.79 Å². The lowest BCUT2D eigenvalue weighted by Crippen LogP contribution is -2.61. The van der Waals surface area contributed by atoms with E-state index in [9.17, 15) is 25.5 Å². The summed E-state index contributed by atoms with van der Waals surface area (Å²) in [6, 6.07) is 0. The fraction of sp³-hybridized carbons (Fsp3) is 1.00. The highest BCUT2D eigenvalue weighted by Gasteiger charge is 2.58. The molecule has 8 nitrogen and oxygen atoms in total. The second-order valence-electron chi connectivity index (χ2n) is 5.46. The molecule has 0 aromatic rings. The van der Waals surface area contributed by atoms with Gasteiger partial charge in [-0.1, -0.05) is 0 Å². The maximum absolute atomic E-state index is 10.1. The largest absolute Gasteiger partial charge is 0.394 e. The van der Waals surface area contributed by atoms with Crippen LogP contribution in [0.3, 0.4) is 0 Å². The van der Waals surface area contributed by atoms with E-state index in [0.29, 0.717) is 0 Å². The predicted molar refractivity (Wildman–Crippen MR) is 79.5 cm³/mol. The normalized spacial score (nSPS) is 51.1. The van der Waals surface area contributed by atoms with Gasteiger partial charge in [-0.3, -0.25) is 0 Å². The van der Waals surface area contributed by atoms with E-state index in [1.54, 1.807) is 0 Å². The second kappa shape index (κ2) is 7.84. The molecule has 2 aliphatic heterocycles. The Kier molecular flexibility index (Phi) is 6.77. The van der Waals surface area contributed by atoms with Gasteiger partial charge in [-0.2, -0.15) is 0 Å². The van der Waals surface area contributed by atoms with Gasteiger partial charge < -0.3 is 39.7 Å². The number of rotatable bonds is 5. The Bertz CT molecular complexity index is 403. The maximum Gasteiger partial charge on any atom is 0.214 e. The summed E-state index contributed by atoms with van der Waals surface area (Å²) < 4.78 is 16.1. The first-order chi connectivity index (χ1) is 10.8. The molecule has 0 unspecified atom stereocenters. The Morgan fingerprint density at radius 1 is 1.00 bits per heavy atom. The number of ether oxygens (including phenoxy) is 3. The van der Waals surface area contributed by atoms with Crippen molar-refractivity contribution in [1.82, 2.24) is 0 Å². The highest BCUT2D eigenvalue weighted by Crippen LogP contribution is 2.37. The molecule has 11 heteroatoms. The molecule has 0 aromatic heterocycles. The molecule has 0 aliphatic carbocycles. The molecule has 9 atom stereocenters. The van der Waals surface area contributed by atoms with Crippen molar-refractivity contribution < 1.29 is 39.7 Å². The third-order valence-corrected chi connectivity index (χ3v) is 5.17. The molecular formula is C12H19Cl3O8. The number of aliphatic hydroxyl groups excluding tert-OH is 5. The third-order valence-electron chi connectivity index (χ3n) is 3.96. The van der Waals surface area contributed by atoms with Gasteiger partial charge in [0.15, 0.2) is 6.29 Å². The fourth-order valence-electron chi connectivity index (χ4n) is 2.56. The molecule has 0 amide bonds. The van der Waals surface area contributed by atoms with Crippen LogP contribution in [0, 0.1) is 0 Å². The number of alkyl halides is 3. The molecule has 2 aliphatic rings. The summed E-state index contributed by atoms with van der Waals surface area (Å²) in [5.41, 5.74) is 0. The van der Waals surface area contributed by atoms with Crippen LogP contribution in [0.2, 0.25) is 0 Å². The SMILES string of the molecule is OC[C@@H]1O[C@H](O[C@]2(CCl)O[C@H](CCl)[C@H](O)[C@@H]2O)[C@H](O)[C@@H](O)[C@H]1Cl. The van der Waals surface area contributed by atoms with E-state index in [-0.39, 0.29) is 5.88 Å². The molecule has 0 bridgehead atoms. The Balaban J connectivity index is 2.18. The van der Waals surface area contributed by atoms with E-state index in [1.165, 1.54) is 0 Å². The van der Waals surface area contributed by atoms with Gasteiger partial charge >= 0.3 is 0 Å². The summed E-state index contributed by atoms with van der Waals surface area (Å²) in [6.07, 6.45) is -9.39. The Labute approximate surface area is 147 Å². The van der Waals surface area contributed by atoms with E-state index < -0.39 is 66.6 Å². The van der Waals surface area contributed by atoms with Crippen LogP contribution < -0.4 is 0 Å². The van der Waals surface area contributed by atoms with Gasteiger partial charge in [0, 0.05) is 0 Å². The van der Waals surface area contributed by atoms with Crippen LogP contribution in [0.4, 0.5) is 0 Å². The molecule has 0 radical (unpaired) electrons. The summed E-state index contributed by atoms with van der Waals surface area (Å²) in [5.74, 6) is -2.43. The van der Waals surface area contributed by atoms with E-state index in [2.05, 4.69) is 0 Å². The first-order valence-corrected chi connectivity index (χ1v) is 8.42. The van der Waals surface area contributed by atoms with Crippen molar-refractivity contribution in [3.05, 3.63) is 0 Å². The van der Waals surface area contributed by atoms with Crippen molar-refractivity contribution in [2.24, 2.45) is 0 Å². The average Bonchev–Trinajstić information content (AvgIpc) is 2.80. The van der Waals surface area contributed by atoms with Crippen LogP contribution in [-0.2, 0) is 14.2 Å². The quantitative estimate of drug-likeness (QED) is 0.349. The van der Waals surface area contributed by atoms with Crippen LogP contribution >= 0.6 is 34.8 Å². The standard InChI is InChI=1S/C12H19Cl3O8/c13-1-4-7(17)10(20)12(3-14,22-4)23-11-9(19)8(18)6(15)5(2-16)21-11/h4-11,16-20H,1-3H2/t4-,5+,6+,7+,8+,9-,10+,11-,12+/m1/s1. The minimum absolute atomic E-state index is 0.125. The van der Waals surface area contributed by atoms with Crippen molar-refractivity contribution in [2.75, 3.05) is 18.4 Å². The molecule has 23 heavy (non-hydrogen) atoms. The molecule has 2 saturated heterocycles. The summed E-state index contributed by atoms with van der Waals surface area (Å²) in [4.78, 5) is 0. The number of hydrogen-bond acceptors (Lipinski definition) is 8. The van der Waals surface area contributed by atoms with Crippen LogP contribution in [-0.4, -0.2) is 98.0 Å². The molecule has 2 rings (SSSR count). The minimum Gasteiger partial charge on any atom is -0.394 e. The first-order valence-electron chi connectivity index (χ1n) is 6.91. The summed E-state index contributed by atoms with van der Waals surface area (Å²) in [5, 5.41) is 48.1. The van der Waals surface area contributed by atoms with Crippen molar-refractivity contribution in [2.45, 2.75) is 54.1 Å². The van der Waals surface area contributed by atoms with Gasteiger partial charge in [-0.05, 0) is 0 Å². The molecule has 2 heterocycles. The van der Waals surface area contributed by atoms with Gasteiger partial charge in [0.25, 0.3) is 0 Å². The predicted octanol–water partition coefficient (Wildman–Crippen LogP) is -1.66. The third kappa shape index (κ3) is 3.58. The van der Waals surface area contributed by atoms with E-state index in [1.807, 2.05) is 0 Å². The van der Waals surface area contributed by atoms with Crippen LogP contribution in [0.25, 0.3) is 0 Å². The summed E-state index contributed by atoms with van der Waals surface area (Å²) >= 11 is 17.3. The van der Waals surface area contributed by atoms with Crippen molar-refractivity contribution in [3.8, 4) is 0 Å². The van der Waals surface area contributed by atoms with E-state index in [4.69, 9.17) is 49.0 Å². The molecule has 5 N–H and O–H groups in total. The fourth-order valence-corrected chi connectivity index (χ4v) is 3.37. The maximum atomic E-state index is 10.1. The average molecular weight is 398 g/mol. The molecular weight excluding hydrogens is 378 g/mol. The van der Waals surface area contributed by atoms with Crippen LogP contribution in [0.1, 0.15) is 0 Å². The molecule has 2 fully saturated rings. The zero-order valence-electron chi connectivity index (χ0n) is 11.8. The molecule has 136 valence electrons. The summed E-state index contributed by atoms with van der Waals surface area (Å²) in [7, 11) is 0. The van der Waals surface area contributed by atoms with Crippen molar-refractivity contribution in [3.63, 3.8) is 0 Å². The molecule has 0 spiro atoms. The van der Waals surface area contributed by atoms with Crippen molar-refractivity contribution >= 4 is 34.8 Å². The van der Waals surface area contributed by atoms with E-state index in [0.717, 1.165) is 0 Å². The highest BCUT2D eigenvalue weighted by molar-refractivity contribution is 6.21. The number of hydrogen-bond donors (Lipinski definition) is 5.